The van der Waals surface area contributed by atoms with Gasteiger partial charge in [0, 0.05) is 50.9 Å². The lowest BCUT2D eigenvalue weighted by Crippen LogP contribution is -2.11. The summed E-state index contributed by atoms with van der Waals surface area (Å²) in [5, 5.41) is 1.10. The second-order valence-electron chi connectivity index (χ2n) is 8.15. The number of aliphatic imine (C=N–C) groups is 1. The lowest BCUT2D eigenvalue weighted by atomic mass is 9.94. The molecule has 0 saturated heterocycles. The van der Waals surface area contributed by atoms with Crippen LogP contribution in [0.15, 0.2) is 59.6 Å². The highest BCUT2D eigenvalue weighted by Gasteiger charge is 2.32. The lowest BCUT2D eigenvalue weighted by molar-refractivity contribution is 0.963. The van der Waals surface area contributed by atoms with Gasteiger partial charge in [0.15, 0.2) is 0 Å². The lowest BCUT2D eigenvalue weighted by Gasteiger charge is -2.27. The van der Waals surface area contributed by atoms with E-state index in [1.165, 1.54) is 56.4 Å². The van der Waals surface area contributed by atoms with Gasteiger partial charge in [0.25, 0.3) is 0 Å². The Hall–Kier alpha value is -1.92. The predicted octanol–water partition coefficient (Wildman–Crippen LogP) is 9.22. The highest BCUT2D eigenvalue weighted by molar-refractivity contribution is 8.22. The van der Waals surface area contributed by atoms with Gasteiger partial charge in [0.2, 0.25) is 0 Å². The van der Waals surface area contributed by atoms with Crippen LogP contribution in [0.1, 0.15) is 52.0 Å². The molecule has 0 amide bonds. The summed E-state index contributed by atoms with van der Waals surface area (Å²) < 4.78 is 0. The molecule has 0 aliphatic carbocycles. The summed E-state index contributed by atoms with van der Waals surface area (Å²) in [5.74, 6) is 0. The monoisotopic (exact) mass is 491 g/mol. The maximum atomic E-state index is 5.40. The van der Waals surface area contributed by atoms with Crippen molar-refractivity contribution in [1.82, 2.24) is 0 Å². The van der Waals surface area contributed by atoms with Crippen molar-refractivity contribution in [1.29, 1.82) is 0 Å². The molecule has 0 saturated carbocycles. The van der Waals surface area contributed by atoms with Crippen LogP contribution in [0, 0.1) is 34.6 Å². The van der Waals surface area contributed by atoms with Crippen molar-refractivity contribution in [3.8, 4) is 0 Å². The molecule has 0 spiro atoms. The molecular formula is C27H25NS4. The molecule has 4 aromatic rings. The fourth-order valence-electron chi connectivity index (χ4n) is 4.23. The Kier molecular flexibility index (Phi) is 6.01. The zero-order chi connectivity index (χ0) is 22.4. The average Bonchev–Trinajstić information content (AvgIpc) is 3.45. The number of benzene rings is 1. The minimum absolute atomic E-state index is 0.00691. The van der Waals surface area contributed by atoms with E-state index in [1.807, 2.05) is 45.8 Å². The van der Waals surface area contributed by atoms with Crippen molar-refractivity contribution in [3.05, 3.63) is 101 Å². The summed E-state index contributed by atoms with van der Waals surface area (Å²) in [6, 6.07) is 19.9. The van der Waals surface area contributed by atoms with E-state index in [-0.39, 0.29) is 6.04 Å². The molecule has 1 unspecified atom stereocenters. The van der Waals surface area contributed by atoms with Crippen LogP contribution >= 0.6 is 45.8 Å². The highest BCUT2D eigenvalue weighted by atomic mass is 32.2. The van der Waals surface area contributed by atoms with Crippen LogP contribution in [-0.4, -0.2) is 5.04 Å². The van der Waals surface area contributed by atoms with E-state index in [1.54, 1.807) is 0 Å². The first-order valence-corrected chi connectivity index (χ1v) is 13.9. The van der Waals surface area contributed by atoms with Gasteiger partial charge in [-0.1, -0.05) is 42.1 Å². The normalized spacial score (nSPS) is 16.5. The molecule has 1 nitrogen and oxygen atoms in total. The molecule has 1 aliphatic heterocycles. The van der Waals surface area contributed by atoms with Crippen molar-refractivity contribution in [2.45, 2.75) is 40.7 Å². The van der Waals surface area contributed by atoms with Gasteiger partial charge in [-0.2, -0.15) is 0 Å². The molecule has 1 atom stereocenters. The molecule has 5 heteroatoms. The third kappa shape index (κ3) is 4.08. The van der Waals surface area contributed by atoms with Crippen LogP contribution in [0.5, 0.6) is 0 Å². The van der Waals surface area contributed by atoms with Crippen LogP contribution < -0.4 is 0 Å². The molecule has 0 N–H and O–H groups in total. The van der Waals surface area contributed by atoms with Gasteiger partial charge in [-0.05, 0) is 64.4 Å². The summed E-state index contributed by atoms with van der Waals surface area (Å²) in [6.07, 6.45) is 0. The van der Waals surface area contributed by atoms with Crippen molar-refractivity contribution < 1.29 is 0 Å². The maximum Gasteiger partial charge on any atom is 0.112 e. The molecule has 0 bridgehead atoms. The van der Waals surface area contributed by atoms with E-state index in [9.17, 15) is 0 Å². The fraction of sp³-hybridized carbons (Fsp3) is 0.222. The summed E-state index contributed by atoms with van der Waals surface area (Å²) in [7, 11) is 0. The smallest absolute Gasteiger partial charge is 0.112 e. The number of thioether (sulfide) groups is 1. The average molecular weight is 492 g/mol. The van der Waals surface area contributed by atoms with E-state index in [0.717, 1.165) is 5.04 Å². The van der Waals surface area contributed by atoms with Crippen LogP contribution in [0.2, 0.25) is 0 Å². The maximum absolute atomic E-state index is 5.40. The quantitative estimate of drug-likeness (QED) is 0.277. The summed E-state index contributed by atoms with van der Waals surface area (Å²) in [6.45, 7) is 11.1. The first kappa shape index (κ1) is 21.9. The molecule has 162 valence electrons. The number of aryl methyl sites for hydroxylation is 5. The van der Waals surface area contributed by atoms with Crippen molar-refractivity contribution in [3.63, 3.8) is 0 Å². The van der Waals surface area contributed by atoms with Gasteiger partial charge < -0.3 is 0 Å². The summed E-state index contributed by atoms with van der Waals surface area (Å²) >= 11 is 7.47. The van der Waals surface area contributed by atoms with Gasteiger partial charge >= 0.3 is 0 Å². The van der Waals surface area contributed by atoms with Gasteiger partial charge in [-0.15, -0.1) is 34.0 Å². The molecule has 1 aliphatic rings. The fourth-order valence-corrected chi connectivity index (χ4v) is 8.35. The van der Waals surface area contributed by atoms with Crippen molar-refractivity contribution >= 4 is 61.3 Å². The molecular weight excluding hydrogens is 467 g/mol. The van der Waals surface area contributed by atoms with Crippen molar-refractivity contribution in [2.75, 3.05) is 0 Å². The van der Waals surface area contributed by atoms with Gasteiger partial charge in [0.1, 0.15) is 11.1 Å². The topological polar surface area (TPSA) is 12.4 Å². The van der Waals surface area contributed by atoms with E-state index in [4.69, 9.17) is 4.99 Å². The number of rotatable bonds is 4. The SMILES string of the molecule is Cc1ccc(C2N=C(c3ccccc3)SC(c3cc(C)sc3C)=C2c2cc(C)sc2C)s1. The zero-order valence-corrected chi connectivity index (χ0v) is 22.1. The number of nitrogens with zero attached hydrogens (tertiary/aromatic N) is 1. The minimum atomic E-state index is 0.00691. The molecule has 1 aromatic carbocycles. The molecule has 32 heavy (non-hydrogen) atoms. The molecule has 4 heterocycles. The first-order valence-electron chi connectivity index (χ1n) is 10.7. The second kappa shape index (κ2) is 8.79. The molecule has 0 radical (unpaired) electrons. The van der Waals surface area contributed by atoms with E-state index < -0.39 is 0 Å². The Morgan fingerprint density at radius 2 is 1.34 bits per heavy atom. The van der Waals surface area contributed by atoms with Gasteiger partial charge in [-0.3, -0.25) is 4.99 Å². The largest absolute Gasteiger partial charge is 0.264 e. The molecule has 3 aromatic heterocycles. The third-order valence-electron chi connectivity index (χ3n) is 5.63. The number of hydrogen-bond acceptors (Lipinski definition) is 5. The van der Waals surface area contributed by atoms with E-state index in [2.05, 4.69) is 89.2 Å². The van der Waals surface area contributed by atoms with Crippen LogP contribution in [0.25, 0.3) is 10.5 Å². The van der Waals surface area contributed by atoms with Gasteiger partial charge in [0.05, 0.1) is 0 Å². The Labute approximate surface area is 206 Å². The van der Waals surface area contributed by atoms with E-state index in [0.29, 0.717) is 0 Å². The third-order valence-corrected chi connectivity index (χ3v) is 9.79. The van der Waals surface area contributed by atoms with Crippen LogP contribution in [-0.2, 0) is 0 Å². The first-order chi connectivity index (χ1) is 15.4. The second-order valence-corrected chi connectivity index (χ2v) is 13.4. The van der Waals surface area contributed by atoms with Crippen LogP contribution in [0.3, 0.4) is 0 Å². The Bertz CT molecular complexity index is 1350. The number of thiophene rings is 3. The zero-order valence-electron chi connectivity index (χ0n) is 18.9. The molecule has 5 rings (SSSR count). The Morgan fingerprint density at radius 3 is 1.91 bits per heavy atom. The van der Waals surface area contributed by atoms with E-state index >= 15 is 0 Å². The predicted molar refractivity (Wildman–Crippen MR) is 147 cm³/mol. The summed E-state index contributed by atoms with van der Waals surface area (Å²) in [5.41, 5.74) is 5.26. The highest BCUT2D eigenvalue weighted by Crippen LogP contribution is 2.52. The van der Waals surface area contributed by atoms with Crippen LogP contribution in [0.4, 0.5) is 0 Å². The minimum Gasteiger partial charge on any atom is -0.264 e. The Balaban J connectivity index is 1.80. The van der Waals surface area contributed by atoms with Gasteiger partial charge in [-0.25, -0.2) is 0 Å². The van der Waals surface area contributed by atoms with Crippen molar-refractivity contribution in [2.24, 2.45) is 4.99 Å². The number of hydrogen-bond donors (Lipinski definition) is 0. The summed E-state index contributed by atoms with van der Waals surface area (Å²) in [4.78, 5) is 14.9. The standard InChI is InChI=1S/C27H25NS4/c1-15-11-12-23(31-15)25-24(21-13-16(2)29-18(21)4)26(22-14-17(3)30-19(22)5)32-27(28-25)20-9-7-6-8-10-20/h6-14,25H,1-5H3. The Morgan fingerprint density at radius 1 is 0.688 bits per heavy atom. The molecule has 0 fully saturated rings.